The molecule has 23 heavy (non-hydrogen) atoms. The van der Waals surface area contributed by atoms with Gasteiger partial charge in [0, 0.05) is 10.4 Å². The zero-order valence-corrected chi connectivity index (χ0v) is 13.3. The first-order valence-corrected chi connectivity index (χ1v) is 8.17. The zero-order chi connectivity index (χ0) is 16.4. The van der Waals surface area contributed by atoms with E-state index in [1.165, 1.54) is 34.4 Å². The Balaban J connectivity index is 1.72. The van der Waals surface area contributed by atoms with Crippen molar-refractivity contribution >= 4 is 22.4 Å². The average Bonchev–Trinajstić information content (AvgIpc) is 2.88. The lowest BCUT2D eigenvalue weighted by Gasteiger charge is -2.15. The van der Waals surface area contributed by atoms with Crippen molar-refractivity contribution in [3.63, 3.8) is 0 Å². The summed E-state index contributed by atoms with van der Waals surface area (Å²) in [5.41, 5.74) is 1.31. The SMILES string of the molecule is C[C@H]1CCc2nc(NC(=O)c3cccc(OC(F)F)c3)sc2C1. The highest BCUT2D eigenvalue weighted by Crippen LogP contribution is 2.32. The van der Waals surface area contributed by atoms with Gasteiger partial charge in [-0.1, -0.05) is 13.0 Å². The number of alkyl halides is 2. The minimum Gasteiger partial charge on any atom is -0.435 e. The number of hydrogen-bond donors (Lipinski definition) is 1. The fraction of sp³-hybridized carbons (Fsp3) is 0.375. The predicted molar refractivity (Wildman–Crippen MR) is 84.3 cm³/mol. The number of nitrogens with zero attached hydrogens (tertiary/aromatic N) is 1. The fourth-order valence-corrected chi connectivity index (χ4v) is 3.74. The van der Waals surface area contributed by atoms with E-state index in [-0.39, 0.29) is 17.2 Å². The van der Waals surface area contributed by atoms with Crippen LogP contribution in [0.25, 0.3) is 0 Å². The van der Waals surface area contributed by atoms with Crippen LogP contribution in [-0.4, -0.2) is 17.5 Å². The molecule has 3 rings (SSSR count). The standard InChI is InChI=1S/C16H16F2N2O2S/c1-9-5-6-12-13(7-9)23-16(19-12)20-14(21)10-3-2-4-11(8-10)22-15(17)18/h2-4,8-9,15H,5-7H2,1H3,(H,19,20,21)/t9-/m0/s1. The molecule has 0 bridgehead atoms. The van der Waals surface area contributed by atoms with E-state index in [1.54, 1.807) is 6.07 Å². The molecule has 1 aromatic heterocycles. The summed E-state index contributed by atoms with van der Waals surface area (Å²) in [6.45, 7) is -0.712. The third kappa shape index (κ3) is 3.85. The molecule has 0 unspecified atom stereocenters. The number of carbonyl (C=O) groups excluding carboxylic acids is 1. The monoisotopic (exact) mass is 338 g/mol. The van der Waals surface area contributed by atoms with Gasteiger partial charge in [-0.3, -0.25) is 10.1 Å². The maximum Gasteiger partial charge on any atom is 0.387 e. The first-order chi connectivity index (χ1) is 11.0. The van der Waals surface area contributed by atoms with Gasteiger partial charge in [-0.15, -0.1) is 11.3 Å². The van der Waals surface area contributed by atoms with Crippen LogP contribution in [0.3, 0.4) is 0 Å². The molecule has 0 saturated carbocycles. The highest BCUT2D eigenvalue weighted by atomic mass is 32.1. The largest absolute Gasteiger partial charge is 0.435 e. The minimum absolute atomic E-state index is 0.0418. The normalized spacial score (nSPS) is 17.0. The number of aromatic nitrogens is 1. The molecular weight excluding hydrogens is 322 g/mol. The van der Waals surface area contributed by atoms with Gasteiger partial charge in [-0.25, -0.2) is 4.98 Å². The number of benzene rings is 1. The fourth-order valence-electron chi connectivity index (χ4n) is 2.58. The van der Waals surface area contributed by atoms with Crippen molar-refractivity contribution in [1.29, 1.82) is 0 Å². The maximum atomic E-state index is 12.2. The predicted octanol–water partition coefficient (Wildman–Crippen LogP) is 4.12. The Labute approximate surface area is 136 Å². The molecule has 0 fully saturated rings. The number of aryl methyl sites for hydroxylation is 1. The number of thiazole rings is 1. The molecule has 1 heterocycles. The van der Waals surface area contributed by atoms with Crippen LogP contribution < -0.4 is 10.1 Å². The average molecular weight is 338 g/mol. The van der Waals surface area contributed by atoms with Crippen molar-refractivity contribution in [2.24, 2.45) is 5.92 Å². The first kappa shape index (κ1) is 15.9. The second-order valence-corrected chi connectivity index (χ2v) is 6.68. The molecule has 1 aliphatic rings. The van der Waals surface area contributed by atoms with Crippen LogP contribution in [-0.2, 0) is 12.8 Å². The van der Waals surface area contributed by atoms with Gasteiger partial charge in [0.05, 0.1) is 5.69 Å². The van der Waals surface area contributed by atoms with Crippen molar-refractivity contribution in [3.8, 4) is 5.75 Å². The Morgan fingerprint density at radius 3 is 3.09 bits per heavy atom. The molecule has 7 heteroatoms. The summed E-state index contributed by atoms with van der Waals surface area (Å²) in [4.78, 5) is 17.9. The van der Waals surface area contributed by atoms with Gasteiger partial charge in [-0.05, 0) is 43.4 Å². The molecule has 1 aliphatic carbocycles. The minimum atomic E-state index is -2.92. The molecule has 1 atom stereocenters. The summed E-state index contributed by atoms with van der Waals surface area (Å²) in [6.07, 6.45) is 3.03. The van der Waals surface area contributed by atoms with Crippen LogP contribution in [0.1, 0.15) is 34.3 Å². The van der Waals surface area contributed by atoms with Crippen molar-refractivity contribution in [2.45, 2.75) is 32.8 Å². The van der Waals surface area contributed by atoms with E-state index in [0.717, 1.165) is 25.0 Å². The molecule has 1 amide bonds. The summed E-state index contributed by atoms with van der Waals surface area (Å²) >= 11 is 1.48. The summed E-state index contributed by atoms with van der Waals surface area (Å²) < 4.78 is 28.8. The van der Waals surface area contributed by atoms with E-state index in [0.29, 0.717) is 11.0 Å². The molecule has 1 aromatic carbocycles. The number of halogens is 2. The Morgan fingerprint density at radius 2 is 2.30 bits per heavy atom. The van der Waals surface area contributed by atoms with E-state index < -0.39 is 6.61 Å². The van der Waals surface area contributed by atoms with E-state index in [2.05, 4.69) is 22.0 Å². The number of hydrogen-bond acceptors (Lipinski definition) is 4. The van der Waals surface area contributed by atoms with E-state index in [1.807, 2.05) is 0 Å². The third-order valence-corrected chi connectivity index (χ3v) is 4.76. The van der Waals surface area contributed by atoms with E-state index in [9.17, 15) is 13.6 Å². The van der Waals surface area contributed by atoms with Gasteiger partial charge in [0.2, 0.25) is 0 Å². The van der Waals surface area contributed by atoms with Crippen molar-refractivity contribution in [3.05, 3.63) is 40.4 Å². The number of ether oxygens (including phenoxy) is 1. The second kappa shape index (κ2) is 6.62. The molecule has 0 radical (unpaired) electrons. The van der Waals surface area contributed by atoms with Gasteiger partial charge < -0.3 is 4.74 Å². The number of anilines is 1. The Morgan fingerprint density at radius 1 is 1.48 bits per heavy atom. The molecule has 1 N–H and O–H groups in total. The highest BCUT2D eigenvalue weighted by Gasteiger charge is 2.20. The van der Waals surface area contributed by atoms with E-state index >= 15 is 0 Å². The zero-order valence-electron chi connectivity index (χ0n) is 12.5. The van der Waals surface area contributed by atoms with Crippen LogP contribution in [0.15, 0.2) is 24.3 Å². The number of amides is 1. The van der Waals surface area contributed by atoms with Crippen molar-refractivity contribution in [1.82, 2.24) is 4.98 Å². The van der Waals surface area contributed by atoms with Gasteiger partial charge in [0.1, 0.15) is 5.75 Å². The molecular formula is C16H16F2N2O2S. The van der Waals surface area contributed by atoms with Crippen molar-refractivity contribution in [2.75, 3.05) is 5.32 Å². The van der Waals surface area contributed by atoms with Crippen LogP contribution in [0.5, 0.6) is 5.75 Å². The van der Waals surface area contributed by atoms with Gasteiger partial charge in [-0.2, -0.15) is 8.78 Å². The molecule has 0 spiro atoms. The van der Waals surface area contributed by atoms with Crippen LogP contribution in [0, 0.1) is 5.92 Å². The Kier molecular flexibility index (Phi) is 4.56. The van der Waals surface area contributed by atoms with Gasteiger partial charge in [0.15, 0.2) is 5.13 Å². The van der Waals surface area contributed by atoms with Crippen LogP contribution in [0.4, 0.5) is 13.9 Å². The van der Waals surface area contributed by atoms with E-state index in [4.69, 9.17) is 0 Å². The first-order valence-electron chi connectivity index (χ1n) is 7.36. The molecule has 2 aromatic rings. The number of rotatable bonds is 4. The lowest BCUT2D eigenvalue weighted by atomic mass is 9.93. The number of fused-ring (bicyclic) bond motifs is 1. The summed E-state index contributed by atoms with van der Waals surface area (Å²) in [5.74, 6) is 0.207. The topological polar surface area (TPSA) is 51.2 Å². The molecule has 0 saturated heterocycles. The summed E-state index contributed by atoms with van der Waals surface area (Å²) in [6, 6.07) is 5.72. The smallest absolute Gasteiger partial charge is 0.387 e. The summed E-state index contributed by atoms with van der Waals surface area (Å²) in [5, 5.41) is 3.29. The Bertz CT molecular complexity index is 718. The van der Waals surface area contributed by atoms with Gasteiger partial charge >= 0.3 is 6.61 Å². The third-order valence-electron chi connectivity index (χ3n) is 3.73. The molecule has 0 aliphatic heterocycles. The number of carbonyl (C=O) groups is 1. The van der Waals surface area contributed by atoms with Crippen LogP contribution in [0.2, 0.25) is 0 Å². The highest BCUT2D eigenvalue weighted by molar-refractivity contribution is 7.15. The lowest BCUT2D eigenvalue weighted by molar-refractivity contribution is -0.0498. The van der Waals surface area contributed by atoms with Crippen molar-refractivity contribution < 1.29 is 18.3 Å². The van der Waals surface area contributed by atoms with Gasteiger partial charge in [0.25, 0.3) is 5.91 Å². The summed E-state index contributed by atoms with van der Waals surface area (Å²) in [7, 11) is 0. The quantitative estimate of drug-likeness (QED) is 0.912. The van der Waals surface area contributed by atoms with Crippen LogP contribution >= 0.6 is 11.3 Å². The lowest BCUT2D eigenvalue weighted by Crippen LogP contribution is -2.12. The number of nitrogens with one attached hydrogen (secondary N) is 1. The molecule has 4 nitrogen and oxygen atoms in total. The molecule has 122 valence electrons. The Hall–Kier alpha value is -2.02. The maximum absolute atomic E-state index is 12.2. The second-order valence-electron chi connectivity index (χ2n) is 5.60.